The lowest BCUT2D eigenvalue weighted by atomic mass is 10.1. The van der Waals surface area contributed by atoms with Gasteiger partial charge in [-0.1, -0.05) is 6.92 Å². The lowest BCUT2D eigenvalue weighted by Crippen LogP contribution is -2.41. The van der Waals surface area contributed by atoms with Crippen molar-refractivity contribution in [3.05, 3.63) is 0 Å². The zero-order valence-corrected chi connectivity index (χ0v) is 12.0. The molecule has 3 N–H and O–H groups in total. The Hall–Kier alpha value is -1.35. The number of carboxylic acid groups (broad SMARTS) is 1. The topological polar surface area (TPSA) is 122 Å². The summed E-state index contributed by atoms with van der Waals surface area (Å²) in [4.78, 5) is 21.6. The molecule has 0 saturated heterocycles. The van der Waals surface area contributed by atoms with E-state index in [0.717, 1.165) is 0 Å². The van der Waals surface area contributed by atoms with Gasteiger partial charge in [-0.3, -0.25) is 4.79 Å². The second-order valence-electron chi connectivity index (χ2n) is 4.34. The fourth-order valence-electron chi connectivity index (χ4n) is 1.12. The molecule has 8 nitrogen and oxygen atoms in total. The summed E-state index contributed by atoms with van der Waals surface area (Å²) >= 11 is 0. The van der Waals surface area contributed by atoms with Crippen LogP contribution < -0.4 is 9.44 Å². The van der Waals surface area contributed by atoms with Crippen molar-refractivity contribution >= 4 is 22.3 Å². The number of carbonyl (C=O) groups excluding carboxylic acids is 1. The Kier molecular flexibility index (Phi) is 7.38. The first-order chi connectivity index (χ1) is 8.64. The van der Waals surface area contributed by atoms with Gasteiger partial charge in [0.1, 0.15) is 0 Å². The highest BCUT2D eigenvalue weighted by molar-refractivity contribution is 7.88. The van der Waals surface area contributed by atoms with Gasteiger partial charge in [0.15, 0.2) is 0 Å². The van der Waals surface area contributed by atoms with Crippen molar-refractivity contribution in [1.82, 2.24) is 9.44 Å². The number of aliphatic carboxylic acids is 1. The van der Waals surface area contributed by atoms with E-state index in [4.69, 9.17) is 5.11 Å². The first-order valence-corrected chi connectivity index (χ1v) is 7.33. The van der Waals surface area contributed by atoms with Crippen LogP contribution in [0.5, 0.6) is 0 Å². The smallest absolute Gasteiger partial charge is 0.422 e. The van der Waals surface area contributed by atoms with Crippen LogP contribution in [0.1, 0.15) is 33.6 Å². The van der Waals surface area contributed by atoms with Crippen molar-refractivity contribution in [1.29, 1.82) is 0 Å². The van der Waals surface area contributed by atoms with Crippen molar-refractivity contribution in [3.63, 3.8) is 0 Å². The Morgan fingerprint density at radius 2 is 1.84 bits per heavy atom. The van der Waals surface area contributed by atoms with Gasteiger partial charge in [0.05, 0.1) is 12.0 Å². The average molecular weight is 296 g/mol. The highest BCUT2D eigenvalue weighted by Gasteiger charge is 2.16. The number of carboxylic acids is 1. The zero-order chi connectivity index (χ0) is 15.1. The van der Waals surface area contributed by atoms with Crippen LogP contribution in [0.4, 0.5) is 4.79 Å². The van der Waals surface area contributed by atoms with Gasteiger partial charge in [0.25, 0.3) is 0 Å². The van der Waals surface area contributed by atoms with Crippen LogP contribution in [-0.4, -0.2) is 38.2 Å². The number of amides is 1. The standard InChI is InChI=1S/C10H20N2O6S/c1-7(2)18-10(15)12-19(16,17)11-6-4-5-8(3)9(13)14/h7-8,11H,4-6H2,1-3H3,(H,12,15)(H,13,14). The van der Waals surface area contributed by atoms with Crippen LogP contribution in [0.25, 0.3) is 0 Å². The minimum atomic E-state index is -3.97. The maximum absolute atomic E-state index is 11.4. The van der Waals surface area contributed by atoms with Crippen LogP contribution in [0.15, 0.2) is 0 Å². The maximum atomic E-state index is 11.4. The average Bonchev–Trinajstić information content (AvgIpc) is 2.21. The first-order valence-electron chi connectivity index (χ1n) is 5.85. The summed E-state index contributed by atoms with van der Waals surface area (Å²) in [5.74, 6) is -1.47. The molecule has 1 atom stereocenters. The molecule has 0 saturated carbocycles. The Balaban J connectivity index is 3.98. The molecular weight excluding hydrogens is 276 g/mol. The normalized spacial score (nSPS) is 13.1. The van der Waals surface area contributed by atoms with Crippen LogP contribution in [-0.2, 0) is 19.7 Å². The van der Waals surface area contributed by atoms with E-state index in [-0.39, 0.29) is 6.54 Å². The van der Waals surface area contributed by atoms with Crippen molar-refractivity contribution in [3.8, 4) is 0 Å². The van der Waals surface area contributed by atoms with Crippen LogP contribution in [0, 0.1) is 5.92 Å². The van der Waals surface area contributed by atoms with E-state index in [9.17, 15) is 18.0 Å². The predicted octanol–water partition coefficient (Wildman–Crippen LogP) is 0.456. The molecule has 9 heteroatoms. The van der Waals surface area contributed by atoms with Crippen molar-refractivity contribution in [2.45, 2.75) is 39.7 Å². The molecule has 1 amide bonds. The second-order valence-corrected chi connectivity index (χ2v) is 5.84. The minimum absolute atomic E-state index is 0.0436. The highest BCUT2D eigenvalue weighted by Crippen LogP contribution is 2.04. The van der Waals surface area contributed by atoms with Crippen LogP contribution in [0.3, 0.4) is 0 Å². The molecule has 0 bridgehead atoms. The van der Waals surface area contributed by atoms with Crippen molar-refractivity contribution in [2.75, 3.05) is 6.54 Å². The fourth-order valence-corrected chi connectivity index (χ4v) is 1.87. The molecule has 0 rings (SSSR count). The summed E-state index contributed by atoms with van der Waals surface area (Å²) in [5.41, 5.74) is 0. The molecule has 0 aromatic rings. The van der Waals surface area contributed by atoms with E-state index in [1.807, 2.05) is 0 Å². The molecule has 0 heterocycles. The maximum Gasteiger partial charge on any atom is 0.422 e. The van der Waals surface area contributed by atoms with Crippen LogP contribution in [0.2, 0.25) is 0 Å². The van der Waals surface area contributed by atoms with Gasteiger partial charge in [-0.15, -0.1) is 0 Å². The number of ether oxygens (including phenoxy) is 1. The van der Waals surface area contributed by atoms with E-state index < -0.39 is 34.3 Å². The Morgan fingerprint density at radius 1 is 1.26 bits per heavy atom. The number of carbonyl (C=O) groups is 2. The zero-order valence-electron chi connectivity index (χ0n) is 11.2. The lowest BCUT2D eigenvalue weighted by Gasteiger charge is -2.11. The summed E-state index contributed by atoms with van der Waals surface area (Å²) in [6.45, 7) is 4.76. The van der Waals surface area contributed by atoms with E-state index in [2.05, 4.69) is 9.46 Å². The highest BCUT2D eigenvalue weighted by atomic mass is 32.2. The Bertz CT molecular complexity index is 406. The molecule has 0 aromatic carbocycles. The number of rotatable bonds is 8. The third kappa shape index (κ3) is 9.25. The van der Waals surface area contributed by atoms with Gasteiger partial charge in [-0.25, -0.2) is 9.52 Å². The van der Waals surface area contributed by atoms with Crippen molar-refractivity contribution in [2.24, 2.45) is 5.92 Å². The SMILES string of the molecule is CC(C)OC(=O)NS(=O)(=O)NCCCC(C)C(=O)O. The van der Waals surface area contributed by atoms with Gasteiger partial charge >= 0.3 is 22.3 Å². The van der Waals surface area contributed by atoms with Crippen LogP contribution >= 0.6 is 0 Å². The largest absolute Gasteiger partial charge is 0.481 e. The molecular formula is C10H20N2O6S. The molecule has 1 unspecified atom stereocenters. The Morgan fingerprint density at radius 3 is 2.32 bits per heavy atom. The molecule has 19 heavy (non-hydrogen) atoms. The molecule has 112 valence electrons. The number of hydrogen-bond donors (Lipinski definition) is 3. The molecule has 0 spiro atoms. The minimum Gasteiger partial charge on any atom is -0.481 e. The van der Waals surface area contributed by atoms with Gasteiger partial charge in [-0.2, -0.15) is 13.1 Å². The Labute approximate surface area is 112 Å². The van der Waals surface area contributed by atoms with Gasteiger partial charge < -0.3 is 9.84 Å². The van der Waals surface area contributed by atoms with Gasteiger partial charge in [0.2, 0.25) is 0 Å². The fraction of sp³-hybridized carbons (Fsp3) is 0.800. The second kappa shape index (κ2) is 7.95. The third-order valence-corrected chi connectivity index (χ3v) is 3.11. The monoisotopic (exact) mass is 296 g/mol. The van der Waals surface area contributed by atoms with E-state index in [0.29, 0.717) is 12.8 Å². The van der Waals surface area contributed by atoms with E-state index in [1.54, 1.807) is 18.6 Å². The first kappa shape index (κ1) is 17.6. The molecule has 0 aliphatic rings. The predicted molar refractivity (Wildman–Crippen MR) is 67.7 cm³/mol. The molecule has 0 fully saturated rings. The molecule has 0 aliphatic carbocycles. The van der Waals surface area contributed by atoms with Crippen molar-refractivity contribution < 1.29 is 27.9 Å². The molecule has 0 aromatic heterocycles. The summed E-state index contributed by atoms with van der Waals surface area (Å²) in [6.07, 6.45) is -0.782. The summed E-state index contributed by atoms with van der Waals surface area (Å²) in [6, 6.07) is 0. The van der Waals surface area contributed by atoms with Gasteiger partial charge in [-0.05, 0) is 26.7 Å². The summed E-state index contributed by atoms with van der Waals surface area (Å²) < 4.78 is 31.1. The third-order valence-electron chi connectivity index (χ3n) is 2.09. The number of nitrogens with one attached hydrogen (secondary N) is 2. The summed E-state index contributed by atoms with van der Waals surface area (Å²) in [7, 11) is -3.97. The molecule has 0 aliphatic heterocycles. The number of hydrogen-bond acceptors (Lipinski definition) is 5. The van der Waals surface area contributed by atoms with E-state index in [1.165, 1.54) is 6.92 Å². The van der Waals surface area contributed by atoms with E-state index >= 15 is 0 Å². The van der Waals surface area contributed by atoms with Gasteiger partial charge in [0, 0.05) is 6.54 Å². The summed E-state index contributed by atoms with van der Waals surface area (Å²) in [5, 5.41) is 8.63. The molecule has 0 radical (unpaired) electrons. The lowest BCUT2D eigenvalue weighted by molar-refractivity contribution is -0.141. The quantitative estimate of drug-likeness (QED) is 0.559.